The van der Waals surface area contributed by atoms with Crippen LogP contribution in [0.3, 0.4) is 0 Å². The molecule has 0 radical (unpaired) electrons. The van der Waals surface area contributed by atoms with Gasteiger partial charge in [-0.25, -0.2) is 0 Å². The summed E-state index contributed by atoms with van der Waals surface area (Å²) < 4.78 is 26.9. The number of hydrogen-bond donors (Lipinski definition) is 4. The Labute approximate surface area is 164 Å². The largest absolute Gasteiger partial charge is 0.394 e. The number of rotatable bonds is 13. The van der Waals surface area contributed by atoms with E-state index in [-0.39, 0.29) is 25.7 Å². The summed E-state index contributed by atoms with van der Waals surface area (Å²) in [5, 5.41) is 32.5. The third kappa shape index (κ3) is 5.62. The molecule has 0 aromatic rings. The molecule has 0 aromatic heterocycles. The van der Waals surface area contributed by atoms with Crippen LogP contribution in [0, 0.1) is 18.3 Å². The van der Waals surface area contributed by atoms with E-state index < -0.39 is 42.7 Å². The molecule has 10 nitrogen and oxygen atoms in total. The first-order valence-electron chi connectivity index (χ1n) is 9.19. The zero-order valence-corrected chi connectivity index (χ0v) is 15.9. The quantitative estimate of drug-likeness (QED) is 0.196. The number of amides is 1. The van der Waals surface area contributed by atoms with E-state index in [1.165, 1.54) is 6.92 Å². The summed E-state index contributed by atoms with van der Waals surface area (Å²) in [6, 6.07) is -0.730. The maximum atomic E-state index is 11.5. The number of carbonyl (C=O) groups is 1. The molecule has 10 heteroatoms. The maximum absolute atomic E-state index is 11.5. The minimum atomic E-state index is -1.58. The van der Waals surface area contributed by atoms with Crippen molar-refractivity contribution in [2.75, 3.05) is 52.9 Å². The first kappa shape index (κ1) is 23.0. The summed E-state index contributed by atoms with van der Waals surface area (Å²) in [6.07, 6.45) is 2.03. The van der Waals surface area contributed by atoms with Crippen LogP contribution >= 0.6 is 0 Å². The van der Waals surface area contributed by atoms with Gasteiger partial charge in [0.2, 0.25) is 5.91 Å². The molecule has 6 atom stereocenters. The summed E-state index contributed by atoms with van der Waals surface area (Å²) in [4.78, 5) is 11.5. The van der Waals surface area contributed by atoms with E-state index >= 15 is 0 Å². The lowest BCUT2D eigenvalue weighted by Crippen LogP contribution is -2.57. The predicted molar refractivity (Wildman–Crippen MR) is 95.0 cm³/mol. The Hall–Kier alpha value is -1.29. The number of aliphatic hydroxyl groups excluding tert-OH is 2. The molecule has 2 aliphatic rings. The van der Waals surface area contributed by atoms with Gasteiger partial charge >= 0.3 is 0 Å². The first-order chi connectivity index (χ1) is 13.5. The smallest absolute Gasteiger partial charge is 0.217 e. The second-order valence-corrected chi connectivity index (χ2v) is 6.61. The fourth-order valence-electron chi connectivity index (χ4n) is 3.33. The molecule has 0 aromatic carbocycles. The molecule has 1 heterocycles. The van der Waals surface area contributed by atoms with Gasteiger partial charge in [-0.15, -0.1) is 6.42 Å². The highest BCUT2D eigenvalue weighted by Crippen LogP contribution is 2.53. The second kappa shape index (κ2) is 11.0. The number of ether oxygens (including phenoxy) is 5. The molecule has 28 heavy (non-hydrogen) atoms. The molecule has 1 saturated heterocycles. The van der Waals surface area contributed by atoms with Gasteiger partial charge < -0.3 is 44.3 Å². The average molecular weight is 403 g/mol. The summed E-state index contributed by atoms with van der Waals surface area (Å²) in [5.41, 5.74) is -1.58. The van der Waals surface area contributed by atoms with E-state index in [9.17, 15) is 20.1 Å². The zero-order valence-electron chi connectivity index (χ0n) is 15.9. The molecule has 0 bridgehead atoms. The topological polar surface area (TPSA) is 136 Å². The van der Waals surface area contributed by atoms with Gasteiger partial charge in [0.25, 0.3) is 0 Å². The van der Waals surface area contributed by atoms with Crippen LogP contribution < -0.4 is 5.32 Å². The number of hydrogen-bond acceptors (Lipinski definition) is 9. The van der Waals surface area contributed by atoms with Crippen molar-refractivity contribution in [3.8, 4) is 12.3 Å². The number of terminal acetylenes is 1. The van der Waals surface area contributed by atoms with E-state index in [0.717, 1.165) is 0 Å². The van der Waals surface area contributed by atoms with Crippen molar-refractivity contribution in [2.45, 2.75) is 37.1 Å². The molecule has 1 aliphatic carbocycles. The Morgan fingerprint density at radius 3 is 2.36 bits per heavy atom. The third-order valence-corrected chi connectivity index (χ3v) is 4.71. The molecule has 0 spiro atoms. The first-order valence-corrected chi connectivity index (χ1v) is 9.19. The number of aliphatic hydroxyl groups is 3. The van der Waals surface area contributed by atoms with Crippen LogP contribution in [0.25, 0.3) is 0 Å². The van der Waals surface area contributed by atoms with Gasteiger partial charge in [0.15, 0.2) is 6.29 Å². The van der Waals surface area contributed by atoms with Crippen LogP contribution in [0.1, 0.15) is 6.92 Å². The van der Waals surface area contributed by atoms with Gasteiger partial charge in [0, 0.05) is 12.8 Å². The molecule has 160 valence electrons. The van der Waals surface area contributed by atoms with Crippen molar-refractivity contribution in [2.24, 2.45) is 5.92 Å². The summed E-state index contributed by atoms with van der Waals surface area (Å²) in [6.45, 7) is 3.11. The van der Waals surface area contributed by atoms with E-state index in [4.69, 9.17) is 30.1 Å². The minimum Gasteiger partial charge on any atom is -0.394 e. The van der Waals surface area contributed by atoms with Crippen LogP contribution in [-0.2, 0) is 28.5 Å². The van der Waals surface area contributed by atoms with Gasteiger partial charge in [0.05, 0.1) is 58.4 Å². The van der Waals surface area contributed by atoms with Crippen LogP contribution in [-0.4, -0.2) is 104 Å². The van der Waals surface area contributed by atoms with Gasteiger partial charge in [-0.2, -0.15) is 0 Å². The monoisotopic (exact) mass is 403 g/mol. The lowest BCUT2D eigenvalue weighted by Gasteiger charge is -2.37. The number of carbonyl (C=O) groups excluding carboxylic acids is 1. The average Bonchev–Trinajstić information content (AvgIpc) is 3.22. The molecule has 2 fully saturated rings. The van der Waals surface area contributed by atoms with E-state index in [1.54, 1.807) is 0 Å². The standard InChI is InChI=1S/C18H29NO9/c1-3-4-24-5-6-25-7-8-26-9-10-27-17-15(19-12(2)21)14-16(22)18(14,23)13(11-20)28-17/h1,13-17,20,22-23H,4-11H2,2H3,(H,19,21)/t13?,14?,15?,16?,17-,18?/m1/s1. The Morgan fingerprint density at radius 1 is 1.18 bits per heavy atom. The highest BCUT2D eigenvalue weighted by Gasteiger charge is 2.75. The Kier molecular flexibility index (Phi) is 9.07. The fraction of sp³-hybridized carbons (Fsp3) is 0.833. The van der Waals surface area contributed by atoms with Crippen molar-refractivity contribution in [1.82, 2.24) is 5.32 Å². The second-order valence-electron chi connectivity index (χ2n) is 6.61. The fourth-order valence-corrected chi connectivity index (χ4v) is 3.33. The van der Waals surface area contributed by atoms with Crippen molar-refractivity contribution < 1.29 is 43.8 Å². The molecular formula is C18H29NO9. The van der Waals surface area contributed by atoms with Crippen molar-refractivity contribution in [3.05, 3.63) is 0 Å². The van der Waals surface area contributed by atoms with E-state index in [0.29, 0.717) is 26.4 Å². The van der Waals surface area contributed by atoms with Gasteiger partial charge in [0.1, 0.15) is 18.3 Å². The highest BCUT2D eigenvalue weighted by molar-refractivity contribution is 5.73. The molecule has 5 unspecified atom stereocenters. The normalized spacial score (nSPS) is 33.8. The Morgan fingerprint density at radius 2 is 1.79 bits per heavy atom. The van der Waals surface area contributed by atoms with Gasteiger partial charge in [-0.3, -0.25) is 4.79 Å². The number of fused-ring (bicyclic) bond motifs is 1. The van der Waals surface area contributed by atoms with Gasteiger partial charge in [-0.05, 0) is 0 Å². The summed E-state index contributed by atoms with van der Waals surface area (Å²) in [5.74, 6) is 1.35. The van der Waals surface area contributed by atoms with Crippen molar-refractivity contribution in [3.63, 3.8) is 0 Å². The molecule has 4 N–H and O–H groups in total. The lowest BCUT2D eigenvalue weighted by atomic mass is 10.0. The molecular weight excluding hydrogens is 374 g/mol. The van der Waals surface area contributed by atoms with Crippen molar-refractivity contribution >= 4 is 5.91 Å². The Balaban J connectivity index is 1.66. The Bertz CT molecular complexity index is 540. The molecule has 2 rings (SSSR count). The van der Waals surface area contributed by atoms with E-state index in [2.05, 4.69) is 11.2 Å². The third-order valence-electron chi connectivity index (χ3n) is 4.71. The summed E-state index contributed by atoms with van der Waals surface area (Å²) in [7, 11) is 0. The molecule has 1 amide bonds. The van der Waals surface area contributed by atoms with Crippen LogP contribution in [0.5, 0.6) is 0 Å². The van der Waals surface area contributed by atoms with Crippen LogP contribution in [0.15, 0.2) is 0 Å². The molecule has 1 aliphatic heterocycles. The van der Waals surface area contributed by atoms with Crippen molar-refractivity contribution in [1.29, 1.82) is 0 Å². The summed E-state index contributed by atoms with van der Waals surface area (Å²) >= 11 is 0. The minimum absolute atomic E-state index is 0.158. The van der Waals surface area contributed by atoms with Crippen LogP contribution in [0.2, 0.25) is 0 Å². The highest BCUT2D eigenvalue weighted by atomic mass is 16.7. The maximum Gasteiger partial charge on any atom is 0.217 e. The van der Waals surface area contributed by atoms with Gasteiger partial charge in [-0.1, -0.05) is 5.92 Å². The zero-order chi connectivity index (χ0) is 20.6. The predicted octanol–water partition coefficient (Wildman–Crippen LogP) is -2.37. The lowest BCUT2D eigenvalue weighted by molar-refractivity contribution is -0.249. The SMILES string of the molecule is C#CCOCCOCCOCCO[C@@H]1OC(CO)C2(O)C(O)C2C1NC(C)=O. The molecule has 1 saturated carbocycles. The number of nitrogens with one attached hydrogen (secondary N) is 1. The van der Waals surface area contributed by atoms with Crippen LogP contribution in [0.4, 0.5) is 0 Å². The van der Waals surface area contributed by atoms with E-state index in [1.807, 2.05) is 0 Å².